The Morgan fingerprint density at radius 3 is 2.90 bits per heavy atom. The van der Waals surface area contributed by atoms with Crippen LogP contribution in [0.3, 0.4) is 0 Å². The number of benzene rings is 1. The highest BCUT2D eigenvalue weighted by molar-refractivity contribution is 14.1. The summed E-state index contributed by atoms with van der Waals surface area (Å²) < 4.78 is 22.3. The van der Waals surface area contributed by atoms with Crippen molar-refractivity contribution >= 4 is 39.6 Å². The largest absolute Gasteiger partial charge is 0.376 e. The van der Waals surface area contributed by atoms with Crippen molar-refractivity contribution in [3.63, 3.8) is 0 Å². The SMILES string of the molecule is Nc1nc2cc(I)c(F)cc2n1C1CCOC1C1CC1. The smallest absolute Gasteiger partial charge is 0.201 e. The van der Waals surface area contributed by atoms with E-state index in [9.17, 15) is 4.39 Å². The fraction of sp³-hybridized carbons (Fsp3) is 0.500. The summed E-state index contributed by atoms with van der Waals surface area (Å²) >= 11 is 1.98. The number of anilines is 1. The number of halogens is 2. The summed E-state index contributed by atoms with van der Waals surface area (Å²) in [4.78, 5) is 4.39. The first-order valence-corrected chi connectivity index (χ1v) is 7.97. The van der Waals surface area contributed by atoms with Crippen molar-refractivity contribution in [1.82, 2.24) is 9.55 Å². The second-order valence-electron chi connectivity index (χ2n) is 5.62. The van der Waals surface area contributed by atoms with E-state index >= 15 is 0 Å². The summed E-state index contributed by atoms with van der Waals surface area (Å²) in [7, 11) is 0. The van der Waals surface area contributed by atoms with Gasteiger partial charge in [-0.25, -0.2) is 9.37 Å². The molecular formula is C14H15FIN3O. The van der Waals surface area contributed by atoms with Crippen molar-refractivity contribution in [2.75, 3.05) is 12.3 Å². The summed E-state index contributed by atoms with van der Waals surface area (Å²) in [5.41, 5.74) is 7.63. The predicted octanol–water partition coefficient (Wildman–Crippen LogP) is 3.10. The average Bonchev–Trinajstić information content (AvgIpc) is 3.06. The molecule has 0 bridgehead atoms. The number of nitrogens with zero attached hydrogens (tertiary/aromatic N) is 2. The molecule has 4 nitrogen and oxygen atoms in total. The van der Waals surface area contributed by atoms with Gasteiger partial charge in [-0.1, -0.05) is 0 Å². The lowest BCUT2D eigenvalue weighted by Crippen LogP contribution is -2.23. The zero-order valence-corrected chi connectivity index (χ0v) is 13.0. The molecule has 2 fully saturated rings. The molecule has 0 radical (unpaired) electrons. The van der Waals surface area contributed by atoms with Crippen LogP contribution < -0.4 is 5.73 Å². The maximum Gasteiger partial charge on any atom is 0.201 e. The van der Waals surface area contributed by atoms with E-state index in [2.05, 4.69) is 4.98 Å². The first-order valence-electron chi connectivity index (χ1n) is 6.89. The molecule has 2 heterocycles. The lowest BCUT2D eigenvalue weighted by Gasteiger charge is -2.21. The van der Waals surface area contributed by atoms with Gasteiger partial charge in [0.15, 0.2) is 0 Å². The van der Waals surface area contributed by atoms with E-state index in [4.69, 9.17) is 10.5 Å². The van der Waals surface area contributed by atoms with E-state index in [1.807, 2.05) is 27.2 Å². The van der Waals surface area contributed by atoms with Gasteiger partial charge in [0.25, 0.3) is 0 Å². The normalized spacial score (nSPS) is 26.5. The van der Waals surface area contributed by atoms with Gasteiger partial charge in [0.05, 0.1) is 26.7 Å². The lowest BCUT2D eigenvalue weighted by atomic mass is 10.1. The minimum atomic E-state index is -0.221. The Morgan fingerprint density at radius 2 is 2.15 bits per heavy atom. The maximum atomic E-state index is 13.9. The van der Waals surface area contributed by atoms with Gasteiger partial charge in [0, 0.05) is 12.7 Å². The van der Waals surface area contributed by atoms with E-state index in [-0.39, 0.29) is 18.0 Å². The Labute approximate surface area is 129 Å². The molecule has 1 aliphatic carbocycles. The van der Waals surface area contributed by atoms with Crippen LogP contribution in [0.4, 0.5) is 10.3 Å². The van der Waals surface area contributed by atoms with Gasteiger partial charge in [-0.05, 0) is 53.8 Å². The third-order valence-electron chi connectivity index (χ3n) is 4.28. The van der Waals surface area contributed by atoms with Crippen LogP contribution in [0.2, 0.25) is 0 Å². The quantitative estimate of drug-likeness (QED) is 0.806. The van der Waals surface area contributed by atoms with Crippen molar-refractivity contribution in [1.29, 1.82) is 0 Å². The van der Waals surface area contributed by atoms with Crippen molar-refractivity contribution in [3.05, 3.63) is 21.5 Å². The minimum Gasteiger partial charge on any atom is -0.376 e. The molecule has 2 N–H and O–H groups in total. The van der Waals surface area contributed by atoms with Crippen LogP contribution in [0.1, 0.15) is 25.3 Å². The van der Waals surface area contributed by atoms with Crippen LogP contribution in [-0.2, 0) is 4.74 Å². The number of hydrogen-bond donors (Lipinski definition) is 1. The third-order valence-corrected chi connectivity index (χ3v) is 5.11. The molecule has 2 aliphatic rings. The lowest BCUT2D eigenvalue weighted by molar-refractivity contribution is 0.0762. The third kappa shape index (κ3) is 1.92. The van der Waals surface area contributed by atoms with Crippen LogP contribution in [-0.4, -0.2) is 22.3 Å². The Kier molecular flexibility index (Phi) is 2.92. The Bertz CT molecular complexity index is 683. The van der Waals surface area contributed by atoms with E-state index in [0.29, 0.717) is 15.4 Å². The standard InChI is InChI=1S/C14H15FIN3O/c15-8-5-12-10(6-9(8)16)18-14(17)19(12)11-3-4-20-13(11)7-1-2-7/h5-7,11,13H,1-4H2,(H2,17,18). The highest BCUT2D eigenvalue weighted by Gasteiger charge is 2.42. The van der Waals surface area contributed by atoms with Crippen molar-refractivity contribution in [2.45, 2.75) is 31.4 Å². The number of nitrogens with two attached hydrogens (primary N) is 1. The molecule has 20 heavy (non-hydrogen) atoms. The molecule has 0 spiro atoms. The predicted molar refractivity (Wildman–Crippen MR) is 82.9 cm³/mol. The van der Waals surface area contributed by atoms with Crippen LogP contribution >= 0.6 is 22.6 Å². The fourth-order valence-corrected chi connectivity index (χ4v) is 3.66. The van der Waals surface area contributed by atoms with Crippen LogP contribution in [0.25, 0.3) is 11.0 Å². The molecule has 1 saturated heterocycles. The van der Waals surface area contributed by atoms with Gasteiger partial charge in [-0.3, -0.25) is 0 Å². The molecule has 1 aromatic carbocycles. The number of nitrogen functional groups attached to an aromatic ring is 1. The monoisotopic (exact) mass is 387 g/mol. The molecule has 2 aromatic rings. The second kappa shape index (κ2) is 4.56. The molecule has 1 saturated carbocycles. The first kappa shape index (κ1) is 12.8. The van der Waals surface area contributed by atoms with Gasteiger partial charge in [0.1, 0.15) is 5.82 Å². The van der Waals surface area contributed by atoms with E-state index in [0.717, 1.165) is 24.1 Å². The molecular weight excluding hydrogens is 372 g/mol. The summed E-state index contributed by atoms with van der Waals surface area (Å²) in [6, 6.07) is 3.48. The van der Waals surface area contributed by atoms with Crippen molar-refractivity contribution in [2.24, 2.45) is 5.92 Å². The van der Waals surface area contributed by atoms with Crippen LogP contribution in [0.5, 0.6) is 0 Å². The first-order chi connectivity index (χ1) is 9.65. The number of ether oxygens (including phenoxy) is 1. The van der Waals surface area contributed by atoms with E-state index in [1.54, 1.807) is 12.1 Å². The molecule has 2 unspecified atom stereocenters. The number of aromatic nitrogens is 2. The number of fused-ring (bicyclic) bond motifs is 1. The van der Waals surface area contributed by atoms with Gasteiger partial charge in [-0.15, -0.1) is 0 Å². The molecule has 4 rings (SSSR count). The average molecular weight is 387 g/mol. The Balaban J connectivity index is 1.86. The van der Waals surface area contributed by atoms with Gasteiger partial charge in [-0.2, -0.15) is 0 Å². The second-order valence-corrected chi connectivity index (χ2v) is 6.79. The highest BCUT2D eigenvalue weighted by atomic mass is 127. The molecule has 1 aromatic heterocycles. The topological polar surface area (TPSA) is 53.1 Å². The van der Waals surface area contributed by atoms with E-state index in [1.165, 1.54) is 12.8 Å². The summed E-state index contributed by atoms with van der Waals surface area (Å²) in [6.45, 7) is 0.748. The van der Waals surface area contributed by atoms with Crippen molar-refractivity contribution < 1.29 is 9.13 Å². The zero-order chi connectivity index (χ0) is 13.9. The number of imidazole rings is 1. The van der Waals surface area contributed by atoms with Gasteiger partial charge >= 0.3 is 0 Å². The van der Waals surface area contributed by atoms with Gasteiger partial charge in [0.2, 0.25) is 5.95 Å². The van der Waals surface area contributed by atoms with Crippen LogP contribution in [0.15, 0.2) is 12.1 Å². The Hall–Kier alpha value is -0.890. The molecule has 0 amide bonds. The maximum absolute atomic E-state index is 13.9. The Morgan fingerprint density at radius 1 is 1.35 bits per heavy atom. The number of hydrogen-bond acceptors (Lipinski definition) is 3. The summed E-state index contributed by atoms with van der Waals surface area (Å²) in [6.07, 6.45) is 3.57. The minimum absolute atomic E-state index is 0.187. The molecule has 1 aliphatic heterocycles. The molecule has 6 heteroatoms. The highest BCUT2D eigenvalue weighted by Crippen LogP contribution is 2.45. The summed E-state index contributed by atoms with van der Waals surface area (Å²) in [5.74, 6) is 0.872. The zero-order valence-electron chi connectivity index (χ0n) is 10.9. The molecule has 106 valence electrons. The number of rotatable bonds is 2. The van der Waals surface area contributed by atoms with Gasteiger partial charge < -0.3 is 15.0 Å². The fourth-order valence-electron chi connectivity index (χ4n) is 3.21. The van der Waals surface area contributed by atoms with E-state index < -0.39 is 0 Å². The molecule has 2 atom stereocenters. The summed E-state index contributed by atoms with van der Waals surface area (Å²) in [5, 5.41) is 0. The van der Waals surface area contributed by atoms with Crippen LogP contribution in [0, 0.1) is 15.3 Å². The van der Waals surface area contributed by atoms with Crippen molar-refractivity contribution in [3.8, 4) is 0 Å².